The van der Waals surface area contributed by atoms with E-state index in [4.69, 9.17) is 9.47 Å². The van der Waals surface area contributed by atoms with Gasteiger partial charge in [-0.15, -0.1) is 0 Å². The fraction of sp³-hybridized carbons (Fsp3) is 0.368. The largest absolute Gasteiger partial charge is 0.484 e. The summed E-state index contributed by atoms with van der Waals surface area (Å²) >= 11 is 0. The van der Waals surface area contributed by atoms with Crippen LogP contribution in [0.3, 0.4) is 0 Å². The molecule has 0 atom stereocenters. The molecule has 0 bridgehead atoms. The van der Waals surface area contributed by atoms with Gasteiger partial charge in [0.05, 0.1) is 11.9 Å². The molecule has 1 aliphatic heterocycles. The van der Waals surface area contributed by atoms with E-state index in [0.717, 1.165) is 25.9 Å². The second-order valence-corrected chi connectivity index (χ2v) is 6.16. The minimum Gasteiger partial charge on any atom is -0.484 e. The number of hydrogen-bond donors (Lipinski definition) is 1. The Morgan fingerprint density at radius 2 is 1.96 bits per heavy atom. The maximum Gasteiger partial charge on any atom is 0.262 e. The number of likely N-dealkylation sites (tertiary alicyclic amines) is 1. The molecule has 0 radical (unpaired) electrons. The molecule has 132 valence electrons. The van der Waals surface area contributed by atoms with Crippen molar-refractivity contribution in [3.63, 3.8) is 0 Å². The number of amides is 1. The van der Waals surface area contributed by atoms with Gasteiger partial charge in [-0.2, -0.15) is 0 Å². The Morgan fingerprint density at radius 3 is 2.64 bits per heavy atom. The normalized spacial score (nSPS) is 15.6. The van der Waals surface area contributed by atoms with Crippen LogP contribution in [0.5, 0.6) is 11.6 Å². The van der Waals surface area contributed by atoms with E-state index in [1.165, 1.54) is 0 Å². The SMILES string of the molecule is CN1CCC(Oc2ccc(NC(=O)COc3ccccc3)cn2)CC1. The minimum atomic E-state index is -0.227. The van der Waals surface area contributed by atoms with Crippen molar-refractivity contribution in [3.8, 4) is 11.6 Å². The first kappa shape index (κ1) is 17.2. The summed E-state index contributed by atoms with van der Waals surface area (Å²) in [6.07, 6.45) is 3.83. The fourth-order valence-corrected chi connectivity index (χ4v) is 2.66. The lowest BCUT2D eigenvalue weighted by Crippen LogP contribution is -2.35. The number of piperidine rings is 1. The smallest absolute Gasteiger partial charge is 0.262 e. The summed E-state index contributed by atoms with van der Waals surface area (Å²) in [6.45, 7) is 2.04. The van der Waals surface area contributed by atoms with Crippen molar-refractivity contribution in [1.29, 1.82) is 0 Å². The van der Waals surface area contributed by atoms with Gasteiger partial charge in [-0.1, -0.05) is 18.2 Å². The zero-order valence-corrected chi connectivity index (χ0v) is 14.4. The highest BCUT2D eigenvalue weighted by Crippen LogP contribution is 2.18. The summed E-state index contributed by atoms with van der Waals surface area (Å²) in [4.78, 5) is 18.5. The summed E-state index contributed by atoms with van der Waals surface area (Å²) < 4.78 is 11.3. The molecule has 1 fully saturated rings. The van der Waals surface area contributed by atoms with E-state index in [0.29, 0.717) is 17.3 Å². The molecule has 0 spiro atoms. The second kappa shape index (κ2) is 8.48. The standard InChI is InChI=1S/C19H23N3O3/c1-22-11-9-17(10-12-22)25-19-8-7-15(13-20-19)21-18(23)14-24-16-5-3-2-4-6-16/h2-8,13,17H,9-12,14H2,1H3,(H,21,23). The highest BCUT2D eigenvalue weighted by Gasteiger charge is 2.18. The Labute approximate surface area is 147 Å². The highest BCUT2D eigenvalue weighted by atomic mass is 16.5. The van der Waals surface area contributed by atoms with Crippen molar-refractivity contribution in [2.24, 2.45) is 0 Å². The van der Waals surface area contributed by atoms with Crippen molar-refractivity contribution in [2.75, 3.05) is 32.1 Å². The monoisotopic (exact) mass is 341 g/mol. The van der Waals surface area contributed by atoms with Crippen LogP contribution in [-0.4, -0.2) is 48.6 Å². The van der Waals surface area contributed by atoms with Gasteiger partial charge in [0.25, 0.3) is 5.91 Å². The van der Waals surface area contributed by atoms with Crippen molar-refractivity contribution in [1.82, 2.24) is 9.88 Å². The number of hydrogen-bond acceptors (Lipinski definition) is 5. The summed E-state index contributed by atoms with van der Waals surface area (Å²) in [5, 5.41) is 2.76. The van der Waals surface area contributed by atoms with Gasteiger partial charge in [-0.05, 0) is 38.1 Å². The minimum absolute atomic E-state index is 0.0438. The van der Waals surface area contributed by atoms with Crippen LogP contribution in [0.2, 0.25) is 0 Å². The van der Waals surface area contributed by atoms with Gasteiger partial charge >= 0.3 is 0 Å². The average Bonchev–Trinajstić information content (AvgIpc) is 2.64. The molecule has 3 rings (SSSR count). The molecular formula is C19H23N3O3. The summed E-state index contributed by atoms with van der Waals surface area (Å²) in [5.74, 6) is 1.03. The van der Waals surface area contributed by atoms with E-state index in [1.54, 1.807) is 18.3 Å². The molecule has 6 nitrogen and oxygen atoms in total. The predicted molar refractivity (Wildman–Crippen MR) is 96.0 cm³/mol. The third kappa shape index (κ3) is 5.46. The number of carbonyl (C=O) groups excluding carboxylic acids is 1. The summed E-state index contributed by atoms with van der Waals surface area (Å²) in [6, 6.07) is 12.8. The van der Waals surface area contributed by atoms with E-state index in [2.05, 4.69) is 22.2 Å². The molecular weight excluding hydrogens is 318 g/mol. The van der Waals surface area contributed by atoms with Crippen LogP contribution in [0.25, 0.3) is 0 Å². The van der Waals surface area contributed by atoms with E-state index < -0.39 is 0 Å². The maximum absolute atomic E-state index is 11.9. The Balaban J connectivity index is 1.44. The van der Waals surface area contributed by atoms with Gasteiger partial charge in [-0.25, -0.2) is 4.98 Å². The van der Waals surface area contributed by atoms with Crippen molar-refractivity contribution < 1.29 is 14.3 Å². The molecule has 6 heteroatoms. The molecule has 1 amide bonds. The van der Waals surface area contributed by atoms with Crippen LogP contribution in [0, 0.1) is 0 Å². The van der Waals surface area contributed by atoms with Crippen LogP contribution < -0.4 is 14.8 Å². The van der Waals surface area contributed by atoms with Crippen LogP contribution in [0.1, 0.15) is 12.8 Å². The number of nitrogens with zero attached hydrogens (tertiary/aromatic N) is 2. The molecule has 1 aromatic heterocycles. The number of pyridine rings is 1. The Morgan fingerprint density at radius 1 is 1.20 bits per heavy atom. The lowest BCUT2D eigenvalue weighted by Gasteiger charge is -2.28. The number of carbonyl (C=O) groups is 1. The lowest BCUT2D eigenvalue weighted by molar-refractivity contribution is -0.118. The first-order valence-corrected chi connectivity index (χ1v) is 8.48. The molecule has 1 aromatic carbocycles. The number of aromatic nitrogens is 1. The molecule has 0 unspecified atom stereocenters. The first-order chi connectivity index (χ1) is 12.2. The van der Waals surface area contributed by atoms with Crippen molar-refractivity contribution in [2.45, 2.75) is 18.9 Å². The van der Waals surface area contributed by atoms with Gasteiger partial charge in [-0.3, -0.25) is 4.79 Å². The van der Waals surface area contributed by atoms with E-state index in [1.807, 2.05) is 30.3 Å². The quantitative estimate of drug-likeness (QED) is 0.875. The molecule has 1 aliphatic rings. The van der Waals surface area contributed by atoms with Crippen molar-refractivity contribution in [3.05, 3.63) is 48.7 Å². The van der Waals surface area contributed by atoms with Crippen LogP contribution in [0.4, 0.5) is 5.69 Å². The molecule has 25 heavy (non-hydrogen) atoms. The summed E-state index contributed by atoms with van der Waals surface area (Å²) in [5.41, 5.74) is 0.623. The Kier molecular flexibility index (Phi) is 5.85. The number of benzene rings is 1. The van der Waals surface area contributed by atoms with Crippen molar-refractivity contribution >= 4 is 11.6 Å². The van der Waals surface area contributed by atoms with Gasteiger partial charge in [0, 0.05) is 19.2 Å². The zero-order valence-electron chi connectivity index (χ0n) is 14.4. The molecule has 1 saturated heterocycles. The molecule has 1 N–H and O–H groups in total. The third-order valence-corrected chi connectivity index (χ3v) is 4.09. The number of nitrogens with one attached hydrogen (secondary N) is 1. The molecule has 0 saturated carbocycles. The molecule has 2 heterocycles. The third-order valence-electron chi connectivity index (χ3n) is 4.09. The number of rotatable bonds is 6. The zero-order chi connectivity index (χ0) is 17.5. The van der Waals surface area contributed by atoms with Gasteiger partial charge in [0.2, 0.25) is 5.88 Å². The van der Waals surface area contributed by atoms with Gasteiger partial charge in [0.15, 0.2) is 6.61 Å². The number of anilines is 1. The van der Waals surface area contributed by atoms with E-state index in [-0.39, 0.29) is 18.6 Å². The maximum atomic E-state index is 11.9. The Hall–Kier alpha value is -2.60. The van der Waals surface area contributed by atoms with Gasteiger partial charge in [0.1, 0.15) is 11.9 Å². The molecule has 2 aromatic rings. The average molecular weight is 341 g/mol. The number of para-hydroxylation sites is 1. The number of ether oxygens (including phenoxy) is 2. The first-order valence-electron chi connectivity index (χ1n) is 8.48. The highest BCUT2D eigenvalue weighted by molar-refractivity contribution is 5.91. The van der Waals surface area contributed by atoms with E-state index >= 15 is 0 Å². The lowest BCUT2D eigenvalue weighted by atomic mass is 10.1. The van der Waals surface area contributed by atoms with Crippen LogP contribution in [-0.2, 0) is 4.79 Å². The topological polar surface area (TPSA) is 63.7 Å². The molecule has 0 aliphatic carbocycles. The van der Waals surface area contributed by atoms with Gasteiger partial charge < -0.3 is 19.7 Å². The predicted octanol–water partition coefficient (Wildman–Crippen LogP) is 2.57. The summed E-state index contributed by atoms with van der Waals surface area (Å²) in [7, 11) is 2.12. The Bertz CT molecular complexity index is 668. The van der Waals surface area contributed by atoms with E-state index in [9.17, 15) is 4.79 Å². The second-order valence-electron chi connectivity index (χ2n) is 6.16. The van der Waals surface area contributed by atoms with Crippen LogP contribution in [0.15, 0.2) is 48.7 Å². The fourth-order valence-electron chi connectivity index (χ4n) is 2.66. The van der Waals surface area contributed by atoms with Crippen LogP contribution >= 0.6 is 0 Å².